The van der Waals surface area contributed by atoms with Gasteiger partial charge in [-0.3, -0.25) is 9.59 Å². The minimum Gasteiger partial charge on any atom is -0.435 e. The van der Waals surface area contributed by atoms with E-state index < -0.39 is 12.5 Å². The summed E-state index contributed by atoms with van der Waals surface area (Å²) in [6.45, 7) is -2.34. The molecule has 2 aromatic rings. The number of carbonyl (C=O) groups excluding carboxylic acids is 2. The Labute approximate surface area is 153 Å². The highest BCUT2D eigenvalue weighted by atomic mass is 35.5. The van der Waals surface area contributed by atoms with Crippen LogP contribution in [0, 0.1) is 0 Å². The summed E-state index contributed by atoms with van der Waals surface area (Å²) in [6, 6.07) is 10.3. The standard InChI is InChI=1S/C18H15ClF2N2O3/c19-14-8-3-11(10-15(14)23-9-1-2-16(23)24)17(25)22-12-4-6-13(7-5-12)26-18(20)21/h3-8,10,18H,1-2,9H2,(H,22,25). The highest BCUT2D eigenvalue weighted by Crippen LogP contribution is 2.30. The zero-order valence-corrected chi connectivity index (χ0v) is 14.3. The van der Waals surface area contributed by atoms with Crippen molar-refractivity contribution in [2.24, 2.45) is 0 Å². The van der Waals surface area contributed by atoms with Crippen LogP contribution in [0.1, 0.15) is 23.2 Å². The lowest BCUT2D eigenvalue weighted by atomic mass is 10.1. The SMILES string of the molecule is O=C(Nc1ccc(OC(F)F)cc1)c1ccc(Cl)c(N2CCCC2=O)c1. The molecule has 1 N–H and O–H groups in total. The van der Waals surface area contributed by atoms with E-state index in [9.17, 15) is 18.4 Å². The van der Waals surface area contributed by atoms with Gasteiger partial charge in [0.15, 0.2) is 0 Å². The van der Waals surface area contributed by atoms with Crippen LogP contribution in [-0.2, 0) is 4.79 Å². The fourth-order valence-electron chi connectivity index (χ4n) is 2.69. The van der Waals surface area contributed by atoms with Gasteiger partial charge in [-0.25, -0.2) is 0 Å². The van der Waals surface area contributed by atoms with Gasteiger partial charge >= 0.3 is 6.61 Å². The Morgan fingerprint density at radius 3 is 2.54 bits per heavy atom. The van der Waals surface area contributed by atoms with E-state index in [0.29, 0.717) is 34.9 Å². The fourth-order valence-corrected chi connectivity index (χ4v) is 2.91. The van der Waals surface area contributed by atoms with Crippen LogP contribution >= 0.6 is 11.6 Å². The number of ether oxygens (including phenoxy) is 1. The molecule has 0 radical (unpaired) electrons. The van der Waals surface area contributed by atoms with Crippen molar-refractivity contribution < 1.29 is 23.1 Å². The first kappa shape index (κ1) is 18.1. The highest BCUT2D eigenvalue weighted by Gasteiger charge is 2.24. The van der Waals surface area contributed by atoms with Crippen LogP contribution < -0.4 is 15.0 Å². The summed E-state index contributed by atoms with van der Waals surface area (Å²) in [5.74, 6) is -0.435. The van der Waals surface area contributed by atoms with Gasteiger partial charge in [-0.1, -0.05) is 11.6 Å². The van der Waals surface area contributed by atoms with Crippen molar-refractivity contribution in [3.63, 3.8) is 0 Å². The maximum atomic E-state index is 12.4. The smallest absolute Gasteiger partial charge is 0.387 e. The normalized spacial score (nSPS) is 14.0. The summed E-state index contributed by atoms with van der Waals surface area (Å²) in [7, 11) is 0. The number of benzene rings is 2. The van der Waals surface area contributed by atoms with Gasteiger partial charge in [0.05, 0.1) is 10.7 Å². The number of hydrogen-bond acceptors (Lipinski definition) is 3. The first-order chi connectivity index (χ1) is 12.4. The quantitative estimate of drug-likeness (QED) is 0.840. The molecular weight excluding hydrogens is 366 g/mol. The van der Waals surface area contributed by atoms with Gasteiger partial charge in [0, 0.05) is 24.2 Å². The van der Waals surface area contributed by atoms with Crippen molar-refractivity contribution in [1.82, 2.24) is 0 Å². The van der Waals surface area contributed by atoms with E-state index in [1.54, 1.807) is 23.1 Å². The Bertz CT molecular complexity index is 828. The van der Waals surface area contributed by atoms with Crippen molar-refractivity contribution >= 4 is 34.8 Å². The second-order valence-electron chi connectivity index (χ2n) is 5.67. The molecule has 8 heteroatoms. The molecule has 2 aromatic carbocycles. The van der Waals surface area contributed by atoms with Crippen LogP contribution in [0.2, 0.25) is 5.02 Å². The van der Waals surface area contributed by atoms with Gasteiger partial charge in [0.2, 0.25) is 5.91 Å². The van der Waals surface area contributed by atoms with Crippen molar-refractivity contribution in [2.75, 3.05) is 16.8 Å². The van der Waals surface area contributed by atoms with E-state index in [0.717, 1.165) is 6.42 Å². The summed E-state index contributed by atoms with van der Waals surface area (Å²) in [5.41, 5.74) is 1.25. The van der Waals surface area contributed by atoms with Gasteiger partial charge < -0.3 is 15.0 Å². The number of rotatable bonds is 5. The Morgan fingerprint density at radius 1 is 1.19 bits per heavy atom. The third kappa shape index (κ3) is 4.11. The number of anilines is 2. The maximum Gasteiger partial charge on any atom is 0.387 e. The lowest BCUT2D eigenvalue weighted by molar-refractivity contribution is -0.117. The van der Waals surface area contributed by atoms with Gasteiger partial charge in [-0.2, -0.15) is 8.78 Å². The first-order valence-electron chi connectivity index (χ1n) is 7.90. The molecule has 1 saturated heterocycles. The molecule has 0 saturated carbocycles. The molecule has 1 aliphatic heterocycles. The molecule has 0 bridgehead atoms. The molecule has 136 valence electrons. The minimum absolute atomic E-state index is 0.000626. The Morgan fingerprint density at radius 2 is 1.92 bits per heavy atom. The van der Waals surface area contributed by atoms with E-state index in [1.807, 2.05) is 0 Å². The Hall–Kier alpha value is -2.67. The number of halogens is 3. The van der Waals surface area contributed by atoms with Crippen LogP contribution in [0.15, 0.2) is 42.5 Å². The number of nitrogens with one attached hydrogen (secondary N) is 1. The number of nitrogens with zero attached hydrogens (tertiary/aromatic N) is 1. The topological polar surface area (TPSA) is 58.6 Å². The number of amides is 2. The fraction of sp³-hybridized carbons (Fsp3) is 0.222. The summed E-state index contributed by atoms with van der Waals surface area (Å²) in [5, 5.41) is 3.05. The molecule has 1 heterocycles. The molecule has 5 nitrogen and oxygen atoms in total. The van der Waals surface area contributed by atoms with E-state index in [1.165, 1.54) is 24.3 Å². The van der Waals surface area contributed by atoms with Crippen molar-refractivity contribution in [3.05, 3.63) is 53.1 Å². The van der Waals surface area contributed by atoms with E-state index in [4.69, 9.17) is 11.6 Å². The molecule has 0 aliphatic carbocycles. The third-order valence-corrected chi connectivity index (χ3v) is 4.23. The Kier molecular flexibility index (Phi) is 5.37. The van der Waals surface area contributed by atoms with E-state index >= 15 is 0 Å². The lowest BCUT2D eigenvalue weighted by Crippen LogP contribution is -2.24. The average molecular weight is 381 g/mol. The van der Waals surface area contributed by atoms with Gasteiger partial charge in [-0.15, -0.1) is 0 Å². The van der Waals surface area contributed by atoms with Crippen LogP contribution in [0.25, 0.3) is 0 Å². The molecule has 0 unspecified atom stereocenters. The molecule has 0 spiro atoms. The van der Waals surface area contributed by atoms with Crippen molar-refractivity contribution in [2.45, 2.75) is 19.5 Å². The average Bonchev–Trinajstić information content (AvgIpc) is 3.02. The maximum absolute atomic E-state index is 12.4. The third-order valence-electron chi connectivity index (χ3n) is 3.91. The molecule has 26 heavy (non-hydrogen) atoms. The van der Waals surface area contributed by atoms with Crippen LogP contribution in [0.5, 0.6) is 5.75 Å². The lowest BCUT2D eigenvalue weighted by Gasteiger charge is -2.18. The molecule has 2 amide bonds. The summed E-state index contributed by atoms with van der Waals surface area (Å²) in [4.78, 5) is 25.9. The van der Waals surface area contributed by atoms with Gasteiger partial charge in [0.25, 0.3) is 5.91 Å². The molecule has 0 atom stereocenters. The zero-order chi connectivity index (χ0) is 18.7. The van der Waals surface area contributed by atoms with E-state index in [2.05, 4.69) is 10.1 Å². The number of alkyl halides is 2. The zero-order valence-electron chi connectivity index (χ0n) is 13.5. The monoisotopic (exact) mass is 380 g/mol. The second-order valence-corrected chi connectivity index (χ2v) is 6.08. The molecule has 3 rings (SSSR count). The van der Waals surface area contributed by atoms with E-state index in [-0.39, 0.29) is 11.7 Å². The highest BCUT2D eigenvalue weighted by molar-refractivity contribution is 6.34. The summed E-state index contributed by atoms with van der Waals surface area (Å²) in [6.07, 6.45) is 1.21. The summed E-state index contributed by atoms with van der Waals surface area (Å²) < 4.78 is 28.6. The molecule has 1 aliphatic rings. The van der Waals surface area contributed by atoms with Gasteiger partial charge in [-0.05, 0) is 48.9 Å². The predicted octanol–water partition coefficient (Wildman–Crippen LogP) is 4.32. The van der Waals surface area contributed by atoms with Crippen LogP contribution in [-0.4, -0.2) is 25.0 Å². The first-order valence-corrected chi connectivity index (χ1v) is 8.28. The molecule has 1 fully saturated rings. The van der Waals surface area contributed by atoms with Gasteiger partial charge in [0.1, 0.15) is 5.75 Å². The largest absolute Gasteiger partial charge is 0.435 e. The van der Waals surface area contributed by atoms with Crippen LogP contribution in [0.4, 0.5) is 20.2 Å². The van der Waals surface area contributed by atoms with Crippen molar-refractivity contribution in [1.29, 1.82) is 0 Å². The minimum atomic E-state index is -2.91. The summed E-state index contributed by atoms with van der Waals surface area (Å²) >= 11 is 6.16. The number of hydrogen-bond donors (Lipinski definition) is 1. The number of carbonyl (C=O) groups is 2. The molecule has 0 aromatic heterocycles. The Balaban J connectivity index is 1.74. The van der Waals surface area contributed by atoms with Crippen molar-refractivity contribution in [3.8, 4) is 5.75 Å². The predicted molar refractivity (Wildman–Crippen MR) is 94.1 cm³/mol. The second kappa shape index (κ2) is 7.70. The molecular formula is C18H15ClF2N2O3. The van der Waals surface area contributed by atoms with Crippen LogP contribution in [0.3, 0.4) is 0 Å².